The third-order valence-corrected chi connectivity index (χ3v) is 4.90. The molecule has 4 unspecified atom stereocenters. The Bertz CT molecular complexity index is 922. The number of amides is 4. The second-order valence-electron chi connectivity index (χ2n) is 7.94. The first-order valence-electron chi connectivity index (χ1n) is 10.8. The molecule has 0 radical (unpaired) electrons. The summed E-state index contributed by atoms with van der Waals surface area (Å²) >= 11 is 0. The summed E-state index contributed by atoms with van der Waals surface area (Å²) < 4.78 is 0. The molecule has 13 nitrogen and oxygen atoms in total. The van der Waals surface area contributed by atoms with Crippen LogP contribution < -0.4 is 27.4 Å². The number of benzene rings is 1. The van der Waals surface area contributed by atoms with Gasteiger partial charge in [-0.05, 0) is 25.3 Å². The number of carbonyl (C=O) groups is 6. The SMILES string of the molecule is CC(N)C(=O)NC(CCC(=O)O)C(=O)NC(CCC(N)=O)C(=O)NC(Cc1ccccc1)C(=O)O. The molecular formula is C22H31N5O8. The predicted molar refractivity (Wildman–Crippen MR) is 123 cm³/mol. The van der Waals surface area contributed by atoms with Crippen LogP contribution in [0.5, 0.6) is 0 Å². The zero-order valence-corrected chi connectivity index (χ0v) is 19.2. The molecule has 0 aromatic heterocycles. The lowest BCUT2D eigenvalue weighted by Gasteiger charge is -2.24. The Morgan fingerprint density at radius 2 is 1.29 bits per heavy atom. The fourth-order valence-corrected chi connectivity index (χ4v) is 2.99. The van der Waals surface area contributed by atoms with E-state index in [1.807, 2.05) is 0 Å². The van der Waals surface area contributed by atoms with E-state index in [4.69, 9.17) is 16.6 Å². The highest BCUT2D eigenvalue weighted by Gasteiger charge is 2.30. The molecule has 9 N–H and O–H groups in total. The van der Waals surface area contributed by atoms with Crippen LogP contribution in [-0.2, 0) is 35.2 Å². The van der Waals surface area contributed by atoms with E-state index in [2.05, 4.69) is 16.0 Å². The van der Waals surface area contributed by atoms with E-state index in [1.54, 1.807) is 30.3 Å². The standard InChI is InChI=1S/C22H31N5O8/c1-12(23)19(31)25-15(8-10-18(29)30)20(32)26-14(7-9-17(24)28)21(33)27-16(22(34)35)11-13-5-3-2-4-6-13/h2-6,12,14-16H,7-11,23H2,1H3,(H2,24,28)(H,25,31)(H,26,32)(H,27,33)(H,29,30)(H,34,35). The first-order valence-corrected chi connectivity index (χ1v) is 10.8. The van der Waals surface area contributed by atoms with Gasteiger partial charge in [-0.1, -0.05) is 30.3 Å². The Balaban J connectivity index is 3.03. The van der Waals surface area contributed by atoms with Crippen molar-refractivity contribution >= 4 is 35.6 Å². The molecule has 0 saturated carbocycles. The molecule has 13 heteroatoms. The molecule has 0 saturated heterocycles. The maximum absolute atomic E-state index is 12.9. The van der Waals surface area contributed by atoms with E-state index in [0.29, 0.717) is 5.56 Å². The van der Waals surface area contributed by atoms with Crippen molar-refractivity contribution in [2.75, 3.05) is 0 Å². The number of hydrogen-bond acceptors (Lipinski definition) is 7. The molecule has 4 atom stereocenters. The lowest BCUT2D eigenvalue weighted by Crippen LogP contribution is -2.57. The van der Waals surface area contributed by atoms with Gasteiger partial charge in [0.05, 0.1) is 6.04 Å². The van der Waals surface area contributed by atoms with Crippen molar-refractivity contribution in [1.82, 2.24) is 16.0 Å². The third-order valence-electron chi connectivity index (χ3n) is 4.90. The molecule has 1 aromatic rings. The van der Waals surface area contributed by atoms with E-state index >= 15 is 0 Å². The summed E-state index contributed by atoms with van der Waals surface area (Å²) in [7, 11) is 0. The van der Waals surface area contributed by atoms with Gasteiger partial charge < -0.3 is 37.6 Å². The van der Waals surface area contributed by atoms with Crippen LogP contribution in [0, 0.1) is 0 Å². The Morgan fingerprint density at radius 1 is 0.800 bits per heavy atom. The number of hydrogen-bond donors (Lipinski definition) is 7. The van der Waals surface area contributed by atoms with Crippen LogP contribution in [0.25, 0.3) is 0 Å². The molecule has 0 heterocycles. The van der Waals surface area contributed by atoms with Crippen LogP contribution in [-0.4, -0.2) is 69.9 Å². The van der Waals surface area contributed by atoms with Gasteiger partial charge in [0.2, 0.25) is 23.6 Å². The van der Waals surface area contributed by atoms with E-state index in [-0.39, 0.29) is 25.7 Å². The van der Waals surface area contributed by atoms with Crippen LogP contribution in [0.1, 0.15) is 38.2 Å². The summed E-state index contributed by atoms with van der Waals surface area (Å²) in [6, 6.07) is 3.49. The Labute approximate surface area is 201 Å². The molecule has 0 fully saturated rings. The predicted octanol–water partition coefficient (Wildman–Crippen LogP) is -1.75. The van der Waals surface area contributed by atoms with E-state index in [9.17, 15) is 33.9 Å². The zero-order chi connectivity index (χ0) is 26.5. The quantitative estimate of drug-likeness (QED) is 0.146. The fraction of sp³-hybridized carbons (Fsp3) is 0.455. The van der Waals surface area contributed by atoms with Gasteiger partial charge in [-0.3, -0.25) is 24.0 Å². The summed E-state index contributed by atoms with van der Waals surface area (Å²) in [5.74, 6) is -5.80. The van der Waals surface area contributed by atoms with E-state index in [1.165, 1.54) is 6.92 Å². The summed E-state index contributed by atoms with van der Waals surface area (Å²) in [6.45, 7) is 1.36. The molecule has 0 bridgehead atoms. The third kappa shape index (κ3) is 11.1. The summed E-state index contributed by atoms with van der Waals surface area (Å²) in [5, 5.41) is 25.5. The summed E-state index contributed by atoms with van der Waals surface area (Å²) in [6.07, 6.45) is -1.36. The van der Waals surface area contributed by atoms with Crippen LogP contribution >= 0.6 is 0 Å². The normalized spacial score (nSPS) is 14.0. The van der Waals surface area contributed by atoms with Crippen molar-refractivity contribution in [3.8, 4) is 0 Å². The second kappa shape index (κ2) is 14.3. The van der Waals surface area contributed by atoms with E-state index in [0.717, 1.165) is 0 Å². The van der Waals surface area contributed by atoms with Crippen molar-refractivity contribution < 1.29 is 39.0 Å². The van der Waals surface area contributed by atoms with Crippen LogP contribution in [0.15, 0.2) is 30.3 Å². The summed E-state index contributed by atoms with van der Waals surface area (Å²) in [4.78, 5) is 71.6. The van der Waals surface area contributed by atoms with Gasteiger partial charge in [-0.2, -0.15) is 0 Å². The monoisotopic (exact) mass is 493 g/mol. The number of primary amides is 1. The van der Waals surface area contributed by atoms with Crippen molar-refractivity contribution in [3.05, 3.63) is 35.9 Å². The average Bonchev–Trinajstić information content (AvgIpc) is 2.78. The van der Waals surface area contributed by atoms with Crippen molar-refractivity contribution in [1.29, 1.82) is 0 Å². The molecule has 1 aromatic carbocycles. The van der Waals surface area contributed by atoms with Gasteiger partial charge in [0.15, 0.2) is 0 Å². The smallest absolute Gasteiger partial charge is 0.326 e. The number of carboxylic acids is 2. The molecule has 0 aliphatic rings. The van der Waals surface area contributed by atoms with Crippen LogP contribution in [0.4, 0.5) is 0 Å². The number of aliphatic carboxylic acids is 2. The first-order chi connectivity index (χ1) is 16.4. The molecule has 0 aliphatic heterocycles. The topological polar surface area (TPSA) is 231 Å². The van der Waals surface area contributed by atoms with Gasteiger partial charge in [-0.25, -0.2) is 4.79 Å². The highest BCUT2D eigenvalue weighted by molar-refractivity contribution is 5.94. The van der Waals surface area contributed by atoms with Gasteiger partial charge >= 0.3 is 11.9 Å². The Kier molecular flexibility index (Phi) is 11.9. The molecule has 1 rings (SSSR count). The van der Waals surface area contributed by atoms with Gasteiger partial charge in [0, 0.05) is 19.3 Å². The van der Waals surface area contributed by atoms with Crippen molar-refractivity contribution in [2.24, 2.45) is 11.5 Å². The van der Waals surface area contributed by atoms with Gasteiger partial charge in [0.25, 0.3) is 0 Å². The largest absolute Gasteiger partial charge is 0.481 e. The van der Waals surface area contributed by atoms with Gasteiger partial charge in [0.1, 0.15) is 18.1 Å². The van der Waals surface area contributed by atoms with E-state index < -0.39 is 66.2 Å². The summed E-state index contributed by atoms with van der Waals surface area (Å²) in [5.41, 5.74) is 11.3. The highest BCUT2D eigenvalue weighted by atomic mass is 16.4. The second-order valence-corrected chi connectivity index (χ2v) is 7.94. The lowest BCUT2D eigenvalue weighted by atomic mass is 10.0. The zero-order valence-electron chi connectivity index (χ0n) is 19.2. The minimum Gasteiger partial charge on any atom is -0.481 e. The lowest BCUT2D eigenvalue weighted by molar-refractivity contribution is -0.142. The molecule has 192 valence electrons. The number of carbonyl (C=O) groups excluding carboxylic acids is 4. The minimum atomic E-state index is -1.38. The maximum atomic E-state index is 12.9. The number of nitrogens with two attached hydrogens (primary N) is 2. The maximum Gasteiger partial charge on any atom is 0.326 e. The van der Waals surface area contributed by atoms with Crippen LogP contribution in [0.3, 0.4) is 0 Å². The molecule has 35 heavy (non-hydrogen) atoms. The average molecular weight is 494 g/mol. The Morgan fingerprint density at radius 3 is 1.74 bits per heavy atom. The Hall–Kier alpha value is -4.00. The first kappa shape index (κ1) is 29.0. The number of nitrogens with one attached hydrogen (secondary N) is 3. The highest BCUT2D eigenvalue weighted by Crippen LogP contribution is 2.07. The van der Waals surface area contributed by atoms with Crippen molar-refractivity contribution in [2.45, 2.75) is 63.2 Å². The fourth-order valence-electron chi connectivity index (χ4n) is 2.99. The minimum absolute atomic E-state index is 0.0376. The number of carboxylic acid groups (broad SMARTS) is 2. The molecule has 4 amide bonds. The molecule has 0 aliphatic carbocycles. The van der Waals surface area contributed by atoms with Crippen molar-refractivity contribution in [3.63, 3.8) is 0 Å². The van der Waals surface area contributed by atoms with Crippen LogP contribution in [0.2, 0.25) is 0 Å². The molecule has 0 spiro atoms. The van der Waals surface area contributed by atoms with Gasteiger partial charge in [-0.15, -0.1) is 0 Å². The number of rotatable bonds is 15. The molecular weight excluding hydrogens is 462 g/mol.